The molecule has 5 N–H and O–H groups in total. The molecule has 0 spiro atoms. The number of carbonyl (C=O) groups excluding carboxylic acids is 2. The number of ether oxygens (including phenoxy) is 1. The van der Waals surface area contributed by atoms with E-state index in [1.54, 1.807) is 19.2 Å². The molecule has 158 valence electrons. The molecule has 1 aromatic carbocycles. The summed E-state index contributed by atoms with van der Waals surface area (Å²) >= 11 is 0. The Bertz CT molecular complexity index is 621. The van der Waals surface area contributed by atoms with Gasteiger partial charge >= 0.3 is 0 Å². The first-order valence-electron chi connectivity index (χ1n) is 9.10. The van der Waals surface area contributed by atoms with Gasteiger partial charge in [0.2, 0.25) is 5.91 Å². The summed E-state index contributed by atoms with van der Waals surface area (Å²) in [5.41, 5.74) is 6.48. The van der Waals surface area contributed by atoms with Gasteiger partial charge < -0.3 is 26.4 Å². The monoisotopic (exact) mass is 505 g/mol. The first-order chi connectivity index (χ1) is 12.9. The van der Waals surface area contributed by atoms with Gasteiger partial charge in [-0.05, 0) is 30.0 Å². The van der Waals surface area contributed by atoms with Crippen molar-refractivity contribution >= 4 is 41.8 Å². The number of guanidine groups is 1. The van der Waals surface area contributed by atoms with E-state index in [9.17, 15) is 9.59 Å². The molecule has 0 saturated heterocycles. The van der Waals surface area contributed by atoms with Crippen LogP contribution in [0.3, 0.4) is 0 Å². The third-order valence-electron chi connectivity index (χ3n) is 3.70. The van der Waals surface area contributed by atoms with Crippen LogP contribution in [0.4, 0.5) is 0 Å². The molecule has 0 aliphatic carbocycles. The molecule has 8 nitrogen and oxygen atoms in total. The van der Waals surface area contributed by atoms with Crippen LogP contribution in [-0.4, -0.2) is 51.1 Å². The van der Waals surface area contributed by atoms with E-state index < -0.39 is 5.91 Å². The standard InChI is InChI=1S/C19H31N5O3.HI/c1-14(2)8-10-27-11-9-22-19(21-3)24-12-15-4-6-16(7-5-15)18(26)23-13-17(20)25;/h4-7,14H,8-13H2,1-3H3,(H2,20,25)(H,23,26)(H2,21,22,24);1H. The fraction of sp³-hybridized carbons (Fsp3) is 0.526. The minimum atomic E-state index is -0.576. The predicted octanol–water partition coefficient (Wildman–Crippen LogP) is 1.25. The maximum absolute atomic E-state index is 11.8. The Hall–Kier alpha value is -1.88. The number of carbonyl (C=O) groups is 2. The van der Waals surface area contributed by atoms with E-state index in [4.69, 9.17) is 10.5 Å². The van der Waals surface area contributed by atoms with Crippen LogP contribution < -0.4 is 21.7 Å². The Morgan fingerprint density at radius 3 is 2.36 bits per heavy atom. The van der Waals surface area contributed by atoms with Gasteiger partial charge in [0.25, 0.3) is 5.91 Å². The van der Waals surface area contributed by atoms with Crippen molar-refractivity contribution in [1.29, 1.82) is 0 Å². The second-order valence-electron chi connectivity index (χ2n) is 6.49. The van der Waals surface area contributed by atoms with E-state index in [-0.39, 0.29) is 36.4 Å². The van der Waals surface area contributed by atoms with E-state index in [2.05, 4.69) is 34.8 Å². The van der Waals surface area contributed by atoms with Gasteiger partial charge in [0, 0.05) is 32.3 Å². The minimum Gasteiger partial charge on any atom is -0.380 e. The molecule has 0 aliphatic heterocycles. The van der Waals surface area contributed by atoms with Gasteiger partial charge in [-0.1, -0.05) is 26.0 Å². The van der Waals surface area contributed by atoms with Crippen LogP contribution in [-0.2, 0) is 16.1 Å². The highest BCUT2D eigenvalue weighted by Gasteiger charge is 2.06. The van der Waals surface area contributed by atoms with E-state index in [1.165, 1.54) is 0 Å². The predicted molar refractivity (Wildman–Crippen MR) is 122 cm³/mol. The highest BCUT2D eigenvalue weighted by Crippen LogP contribution is 2.04. The number of nitrogens with two attached hydrogens (primary N) is 1. The molecule has 0 fully saturated rings. The first kappa shape index (κ1) is 26.1. The molecule has 0 unspecified atom stereocenters. The molecular formula is C19H32IN5O3. The Labute approximate surface area is 184 Å². The van der Waals surface area contributed by atoms with Crippen LogP contribution >= 0.6 is 24.0 Å². The van der Waals surface area contributed by atoms with Gasteiger partial charge in [0.1, 0.15) is 0 Å². The fourth-order valence-corrected chi connectivity index (χ4v) is 2.11. The van der Waals surface area contributed by atoms with Gasteiger partial charge in [-0.3, -0.25) is 14.6 Å². The van der Waals surface area contributed by atoms with Crippen molar-refractivity contribution in [1.82, 2.24) is 16.0 Å². The van der Waals surface area contributed by atoms with Gasteiger partial charge in [0.15, 0.2) is 5.96 Å². The van der Waals surface area contributed by atoms with E-state index >= 15 is 0 Å². The number of nitrogens with zero attached hydrogens (tertiary/aromatic N) is 1. The summed E-state index contributed by atoms with van der Waals surface area (Å²) in [5, 5.41) is 8.85. The molecule has 28 heavy (non-hydrogen) atoms. The number of primary amides is 1. The number of hydrogen-bond donors (Lipinski definition) is 4. The molecule has 0 saturated carbocycles. The first-order valence-corrected chi connectivity index (χ1v) is 9.10. The van der Waals surface area contributed by atoms with Crippen molar-refractivity contribution in [3.8, 4) is 0 Å². The van der Waals surface area contributed by atoms with E-state index in [0.29, 0.717) is 37.1 Å². The Balaban J connectivity index is 0.00000729. The van der Waals surface area contributed by atoms with Gasteiger partial charge in [-0.15, -0.1) is 24.0 Å². The van der Waals surface area contributed by atoms with Gasteiger partial charge in [-0.25, -0.2) is 0 Å². The molecule has 0 aliphatic rings. The van der Waals surface area contributed by atoms with E-state index in [0.717, 1.165) is 18.6 Å². The van der Waals surface area contributed by atoms with Crippen LogP contribution in [0, 0.1) is 5.92 Å². The van der Waals surface area contributed by atoms with Crippen molar-refractivity contribution in [2.24, 2.45) is 16.6 Å². The summed E-state index contributed by atoms with van der Waals surface area (Å²) in [6.07, 6.45) is 1.06. The van der Waals surface area contributed by atoms with Gasteiger partial charge in [-0.2, -0.15) is 0 Å². The molecule has 0 bridgehead atoms. The molecular weight excluding hydrogens is 473 g/mol. The SMILES string of the molecule is CN=C(NCCOCCC(C)C)NCc1ccc(C(=O)NCC(N)=O)cc1.I. The lowest BCUT2D eigenvalue weighted by Crippen LogP contribution is -2.38. The largest absolute Gasteiger partial charge is 0.380 e. The summed E-state index contributed by atoms with van der Waals surface area (Å²) in [5.74, 6) is 0.426. The number of aliphatic imine (C=N–C) groups is 1. The molecule has 1 rings (SSSR count). The smallest absolute Gasteiger partial charge is 0.251 e. The highest BCUT2D eigenvalue weighted by molar-refractivity contribution is 14.0. The molecule has 0 heterocycles. The number of hydrogen-bond acceptors (Lipinski definition) is 4. The van der Waals surface area contributed by atoms with Crippen LogP contribution in [0.1, 0.15) is 36.2 Å². The summed E-state index contributed by atoms with van der Waals surface area (Å²) in [4.78, 5) is 26.7. The van der Waals surface area contributed by atoms with Crippen LogP contribution in [0.5, 0.6) is 0 Å². The summed E-state index contributed by atoms with van der Waals surface area (Å²) in [7, 11) is 1.71. The van der Waals surface area contributed by atoms with Crippen molar-refractivity contribution in [2.45, 2.75) is 26.8 Å². The minimum absolute atomic E-state index is 0. The second kappa shape index (κ2) is 15.1. The lowest BCUT2D eigenvalue weighted by Gasteiger charge is -2.13. The maximum Gasteiger partial charge on any atom is 0.251 e. The summed E-state index contributed by atoms with van der Waals surface area (Å²) < 4.78 is 5.56. The second-order valence-corrected chi connectivity index (χ2v) is 6.49. The number of halogens is 1. The highest BCUT2D eigenvalue weighted by atomic mass is 127. The maximum atomic E-state index is 11.8. The lowest BCUT2D eigenvalue weighted by molar-refractivity contribution is -0.117. The topological polar surface area (TPSA) is 118 Å². The molecule has 0 atom stereocenters. The van der Waals surface area contributed by atoms with Crippen molar-refractivity contribution in [3.63, 3.8) is 0 Å². The average Bonchev–Trinajstić information content (AvgIpc) is 2.65. The van der Waals surface area contributed by atoms with Crippen LogP contribution in [0.25, 0.3) is 0 Å². The Morgan fingerprint density at radius 1 is 1.11 bits per heavy atom. The quantitative estimate of drug-likeness (QED) is 0.156. The number of amides is 2. The average molecular weight is 505 g/mol. The van der Waals surface area contributed by atoms with Crippen LogP contribution in [0.15, 0.2) is 29.3 Å². The van der Waals surface area contributed by atoms with Gasteiger partial charge in [0.05, 0.1) is 13.2 Å². The van der Waals surface area contributed by atoms with Crippen molar-refractivity contribution in [3.05, 3.63) is 35.4 Å². The molecule has 0 aromatic heterocycles. The Kier molecular flexibility index (Phi) is 14.1. The number of rotatable bonds is 11. The lowest BCUT2D eigenvalue weighted by atomic mass is 10.1. The third-order valence-corrected chi connectivity index (χ3v) is 3.70. The zero-order chi connectivity index (χ0) is 20.1. The van der Waals surface area contributed by atoms with E-state index in [1.807, 2.05) is 12.1 Å². The number of nitrogens with one attached hydrogen (secondary N) is 3. The summed E-state index contributed by atoms with van der Waals surface area (Å²) in [6, 6.07) is 7.08. The van der Waals surface area contributed by atoms with Crippen molar-refractivity contribution in [2.75, 3.05) is 33.4 Å². The molecule has 1 aromatic rings. The zero-order valence-electron chi connectivity index (χ0n) is 16.8. The third kappa shape index (κ3) is 11.8. The molecule has 0 radical (unpaired) electrons. The fourth-order valence-electron chi connectivity index (χ4n) is 2.11. The molecule has 2 amide bonds. The number of benzene rings is 1. The Morgan fingerprint density at radius 2 is 1.79 bits per heavy atom. The molecule has 9 heteroatoms. The zero-order valence-corrected chi connectivity index (χ0v) is 19.1. The van der Waals surface area contributed by atoms with Crippen LogP contribution in [0.2, 0.25) is 0 Å². The summed E-state index contributed by atoms with van der Waals surface area (Å²) in [6.45, 7) is 6.81. The normalized spacial score (nSPS) is 10.9. The van der Waals surface area contributed by atoms with Crippen molar-refractivity contribution < 1.29 is 14.3 Å².